The van der Waals surface area contributed by atoms with E-state index in [1.54, 1.807) is 18.2 Å². The van der Waals surface area contributed by atoms with E-state index in [4.69, 9.17) is 0 Å². The number of carbonyl (C=O) groups excluding carboxylic acids is 1. The summed E-state index contributed by atoms with van der Waals surface area (Å²) in [6.45, 7) is 13.1. The molecular weight excluding hydrogens is 400 g/mol. The molecule has 6 nitrogen and oxygen atoms in total. The highest BCUT2D eigenvalue weighted by molar-refractivity contribution is 7.91. The Kier molecular flexibility index (Phi) is 8.03. The maximum Gasteiger partial charge on any atom is 0.293 e. The lowest BCUT2D eigenvalue weighted by Crippen LogP contribution is -2.44. The molecule has 164 valence electrons. The van der Waals surface area contributed by atoms with Crippen LogP contribution in [0.25, 0.3) is 0 Å². The van der Waals surface area contributed by atoms with Crippen LogP contribution in [0.2, 0.25) is 0 Å². The minimum absolute atomic E-state index is 0.318. The summed E-state index contributed by atoms with van der Waals surface area (Å²) in [5, 5.41) is 3.30. The highest BCUT2D eigenvalue weighted by atomic mass is 32.2. The Balaban J connectivity index is 0.000000396. The van der Waals surface area contributed by atoms with Gasteiger partial charge in [-0.25, -0.2) is 8.42 Å². The van der Waals surface area contributed by atoms with Crippen LogP contribution in [0.3, 0.4) is 0 Å². The Morgan fingerprint density at radius 2 is 1.63 bits per heavy atom. The standard InChI is InChI=1S/C18H22N2O2S.C5H10O2/c1-14-7-8-17(15(2)13-14)23(21,22)18-6-4-3-5-16(18)20-11-9-19-10-12-20;1-5(2,3)7-4-6/h3-8,13,19H,9-12H2,1-2H3;4H,1-3H3. The number of benzene rings is 2. The first kappa shape index (κ1) is 23.9. The van der Waals surface area contributed by atoms with Gasteiger partial charge >= 0.3 is 0 Å². The van der Waals surface area contributed by atoms with Gasteiger partial charge < -0.3 is 15.0 Å². The van der Waals surface area contributed by atoms with Crippen LogP contribution in [0.5, 0.6) is 0 Å². The number of hydrogen-bond donors (Lipinski definition) is 1. The molecule has 0 atom stereocenters. The van der Waals surface area contributed by atoms with E-state index in [1.807, 2.05) is 58.9 Å². The largest absolute Gasteiger partial charge is 0.462 e. The molecule has 0 aliphatic carbocycles. The van der Waals surface area contributed by atoms with Gasteiger partial charge in [0.15, 0.2) is 0 Å². The molecule has 0 radical (unpaired) electrons. The van der Waals surface area contributed by atoms with Crippen molar-refractivity contribution in [3.05, 3.63) is 53.6 Å². The van der Waals surface area contributed by atoms with Gasteiger partial charge in [-0.05, 0) is 58.4 Å². The second-order valence-corrected chi connectivity index (χ2v) is 10.2. The summed E-state index contributed by atoms with van der Waals surface area (Å²) < 4.78 is 30.9. The number of aryl methyl sites for hydroxylation is 2. The Bertz CT molecular complexity index is 959. The number of piperazine rings is 1. The maximum atomic E-state index is 13.2. The average Bonchev–Trinajstić information content (AvgIpc) is 2.68. The van der Waals surface area contributed by atoms with Gasteiger partial charge in [0.2, 0.25) is 9.84 Å². The van der Waals surface area contributed by atoms with Crippen LogP contribution >= 0.6 is 0 Å². The summed E-state index contributed by atoms with van der Waals surface area (Å²) in [5.74, 6) is 0. The normalized spacial score (nSPS) is 14.5. The van der Waals surface area contributed by atoms with Crippen molar-refractivity contribution in [2.24, 2.45) is 0 Å². The van der Waals surface area contributed by atoms with Crippen molar-refractivity contribution in [1.82, 2.24) is 5.32 Å². The quantitative estimate of drug-likeness (QED) is 0.746. The van der Waals surface area contributed by atoms with Gasteiger partial charge in [-0.2, -0.15) is 0 Å². The molecule has 1 N–H and O–H groups in total. The molecule has 0 amide bonds. The van der Waals surface area contributed by atoms with Crippen molar-refractivity contribution in [3.8, 4) is 0 Å². The van der Waals surface area contributed by atoms with Gasteiger partial charge in [0.1, 0.15) is 5.60 Å². The lowest BCUT2D eigenvalue weighted by Gasteiger charge is -2.31. The van der Waals surface area contributed by atoms with Crippen molar-refractivity contribution >= 4 is 22.0 Å². The molecule has 1 heterocycles. The van der Waals surface area contributed by atoms with Gasteiger partial charge in [-0.15, -0.1) is 0 Å². The first-order chi connectivity index (χ1) is 14.1. The molecule has 2 aromatic rings. The number of ether oxygens (including phenoxy) is 1. The summed E-state index contributed by atoms with van der Waals surface area (Å²) in [6.07, 6.45) is 0. The molecule has 0 saturated carbocycles. The first-order valence-electron chi connectivity index (χ1n) is 10.0. The summed E-state index contributed by atoms with van der Waals surface area (Å²) in [7, 11) is -3.53. The van der Waals surface area contributed by atoms with E-state index in [-0.39, 0.29) is 5.60 Å². The van der Waals surface area contributed by atoms with E-state index >= 15 is 0 Å². The Hall–Kier alpha value is -2.38. The van der Waals surface area contributed by atoms with Gasteiger partial charge in [-0.1, -0.05) is 29.8 Å². The first-order valence-corrected chi connectivity index (χ1v) is 11.5. The molecule has 2 aromatic carbocycles. The molecule has 1 saturated heterocycles. The molecule has 1 aliphatic rings. The average molecular weight is 433 g/mol. The second-order valence-electron chi connectivity index (χ2n) is 8.30. The highest BCUT2D eigenvalue weighted by Crippen LogP contribution is 2.32. The van der Waals surface area contributed by atoms with E-state index in [2.05, 4.69) is 15.0 Å². The van der Waals surface area contributed by atoms with Crippen LogP contribution in [-0.2, 0) is 19.4 Å². The number of sulfone groups is 1. The van der Waals surface area contributed by atoms with E-state index in [9.17, 15) is 13.2 Å². The molecule has 30 heavy (non-hydrogen) atoms. The molecule has 0 aromatic heterocycles. The van der Waals surface area contributed by atoms with Gasteiger partial charge in [-0.3, -0.25) is 4.79 Å². The lowest BCUT2D eigenvalue weighted by molar-refractivity contribution is -0.138. The smallest absolute Gasteiger partial charge is 0.293 e. The minimum atomic E-state index is -3.53. The summed E-state index contributed by atoms with van der Waals surface area (Å²) >= 11 is 0. The number of anilines is 1. The van der Waals surface area contributed by atoms with E-state index < -0.39 is 9.84 Å². The van der Waals surface area contributed by atoms with Crippen molar-refractivity contribution in [3.63, 3.8) is 0 Å². The van der Waals surface area contributed by atoms with Crippen LogP contribution in [0.15, 0.2) is 52.3 Å². The second kappa shape index (κ2) is 10.1. The van der Waals surface area contributed by atoms with Crippen LogP contribution < -0.4 is 10.2 Å². The van der Waals surface area contributed by atoms with Crippen LogP contribution in [0.4, 0.5) is 5.69 Å². The van der Waals surface area contributed by atoms with Crippen molar-refractivity contribution < 1.29 is 17.9 Å². The van der Waals surface area contributed by atoms with Gasteiger partial charge in [0.05, 0.1) is 15.5 Å². The van der Waals surface area contributed by atoms with Gasteiger partial charge in [0, 0.05) is 26.2 Å². The fourth-order valence-electron chi connectivity index (χ4n) is 3.22. The predicted octanol–water partition coefficient (Wildman–Crippen LogP) is 3.50. The molecule has 0 bridgehead atoms. The molecule has 0 unspecified atom stereocenters. The fraction of sp³-hybridized carbons (Fsp3) is 0.435. The van der Waals surface area contributed by atoms with E-state index in [0.29, 0.717) is 16.3 Å². The van der Waals surface area contributed by atoms with Gasteiger partial charge in [0.25, 0.3) is 6.47 Å². The third-order valence-corrected chi connectivity index (χ3v) is 6.60. The predicted molar refractivity (Wildman–Crippen MR) is 120 cm³/mol. The molecule has 1 fully saturated rings. The van der Waals surface area contributed by atoms with Crippen LogP contribution in [0.1, 0.15) is 31.9 Å². The number of para-hydroxylation sites is 1. The number of rotatable bonds is 4. The third-order valence-electron chi connectivity index (χ3n) is 4.63. The van der Waals surface area contributed by atoms with Crippen LogP contribution in [0, 0.1) is 13.8 Å². The van der Waals surface area contributed by atoms with Crippen molar-refractivity contribution in [1.29, 1.82) is 0 Å². The third kappa shape index (κ3) is 6.31. The number of nitrogens with zero attached hydrogens (tertiary/aromatic N) is 1. The molecular formula is C23H32N2O4S. The van der Waals surface area contributed by atoms with E-state index in [1.165, 1.54) is 0 Å². The molecule has 3 rings (SSSR count). The number of nitrogens with one attached hydrogen (secondary N) is 1. The topological polar surface area (TPSA) is 75.7 Å². The zero-order chi connectivity index (χ0) is 22.4. The summed E-state index contributed by atoms with van der Waals surface area (Å²) in [5.41, 5.74) is 2.34. The highest BCUT2D eigenvalue weighted by Gasteiger charge is 2.25. The zero-order valence-corrected chi connectivity index (χ0v) is 19.3. The minimum Gasteiger partial charge on any atom is -0.462 e. The Morgan fingerprint density at radius 1 is 1.00 bits per heavy atom. The monoisotopic (exact) mass is 432 g/mol. The molecule has 1 aliphatic heterocycles. The Labute approximate surface area is 180 Å². The van der Waals surface area contributed by atoms with Crippen LogP contribution in [-0.4, -0.2) is 46.7 Å². The maximum absolute atomic E-state index is 13.2. The Morgan fingerprint density at radius 3 is 2.17 bits per heavy atom. The SMILES string of the molecule is CC(C)(C)OC=O.Cc1ccc(S(=O)(=O)c2ccccc2N2CCNCC2)c(C)c1. The van der Waals surface area contributed by atoms with Crippen molar-refractivity contribution in [2.45, 2.75) is 50.0 Å². The zero-order valence-electron chi connectivity index (χ0n) is 18.4. The number of hydrogen-bond acceptors (Lipinski definition) is 6. The lowest BCUT2D eigenvalue weighted by atomic mass is 10.2. The summed E-state index contributed by atoms with van der Waals surface area (Å²) in [4.78, 5) is 12.5. The summed E-state index contributed by atoms with van der Waals surface area (Å²) in [6, 6.07) is 12.8. The number of carbonyl (C=O) groups is 1. The molecule has 0 spiro atoms. The van der Waals surface area contributed by atoms with E-state index in [0.717, 1.165) is 43.0 Å². The molecule has 7 heteroatoms. The fourth-order valence-corrected chi connectivity index (χ4v) is 4.91. The van der Waals surface area contributed by atoms with Crippen molar-refractivity contribution in [2.75, 3.05) is 31.1 Å².